The molecule has 0 heterocycles. The van der Waals surface area contributed by atoms with Crippen LogP contribution in [0.5, 0.6) is 0 Å². The van der Waals surface area contributed by atoms with Crippen molar-refractivity contribution in [3.05, 3.63) is 0 Å². The van der Waals surface area contributed by atoms with Crippen LogP contribution in [-0.2, 0) is 0 Å². The molecule has 0 aromatic carbocycles. The lowest BCUT2D eigenvalue weighted by Crippen LogP contribution is -2.10. The van der Waals surface area contributed by atoms with E-state index in [2.05, 4.69) is 9.85 Å². The van der Waals surface area contributed by atoms with Crippen LogP contribution < -0.4 is 0 Å². The minimum absolute atomic E-state index is 0.247. The zero-order valence-electron chi connectivity index (χ0n) is 4.98. The van der Waals surface area contributed by atoms with Gasteiger partial charge in [0.05, 0.1) is 0 Å². The summed E-state index contributed by atoms with van der Waals surface area (Å²) in [5.74, 6) is 2.88. The van der Waals surface area contributed by atoms with Gasteiger partial charge in [0.25, 0.3) is 0 Å². The number of aliphatic hydroxyl groups excluding tert-OH is 1. The van der Waals surface area contributed by atoms with Crippen LogP contribution in [-0.4, -0.2) is 11.2 Å². The minimum atomic E-state index is -0.452. The zero-order chi connectivity index (χ0) is 6.57. The molecule has 0 radical (unpaired) electrons. The van der Waals surface area contributed by atoms with Crippen LogP contribution in [0.1, 0.15) is 13.8 Å². The highest BCUT2D eigenvalue weighted by Gasteiger charge is 2.02. The zero-order valence-corrected chi connectivity index (χ0v) is 7.14. The fourth-order valence-corrected chi connectivity index (χ4v) is 0.542. The third kappa shape index (κ3) is 3.28. The van der Waals surface area contributed by atoms with E-state index in [1.165, 1.54) is 0 Å². The molecule has 0 aliphatic carbocycles. The van der Waals surface area contributed by atoms with Gasteiger partial charge >= 0.3 is 0 Å². The number of hydrogen-bond donors (Lipinski definition) is 1. The average molecular weight is 224 g/mol. The molecular formula is C6H9IO. The summed E-state index contributed by atoms with van der Waals surface area (Å²) in [5, 5.41) is 8.95. The van der Waals surface area contributed by atoms with E-state index in [9.17, 15) is 0 Å². The lowest BCUT2D eigenvalue weighted by molar-refractivity contribution is 0.181. The molecule has 0 aliphatic rings. The molecule has 0 saturated heterocycles. The lowest BCUT2D eigenvalue weighted by Gasteiger charge is -2.04. The van der Waals surface area contributed by atoms with Crippen LogP contribution in [0.4, 0.5) is 0 Å². The van der Waals surface area contributed by atoms with Crippen LogP contribution in [0, 0.1) is 15.8 Å². The summed E-state index contributed by atoms with van der Waals surface area (Å²) in [4.78, 5) is 0. The van der Waals surface area contributed by atoms with E-state index in [1.54, 1.807) is 0 Å². The van der Waals surface area contributed by atoms with Gasteiger partial charge in [-0.25, -0.2) is 0 Å². The minimum Gasteiger partial charge on any atom is -0.380 e. The molecule has 0 bridgehead atoms. The molecule has 1 atom stereocenters. The van der Waals surface area contributed by atoms with Gasteiger partial charge in [-0.1, -0.05) is 19.8 Å². The van der Waals surface area contributed by atoms with Crippen molar-refractivity contribution in [1.29, 1.82) is 0 Å². The number of hydrogen-bond acceptors (Lipinski definition) is 1. The molecule has 0 aromatic rings. The maximum atomic E-state index is 8.95. The Bertz CT molecular complexity index is 109. The van der Waals surface area contributed by atoms with Crippen LogP contribution in [0.3, 0.4) is 0 Å². The first kappa shape index (κ1) is 8.25. The Morgan fingerprint density at radius 3 is 2.12 bits per heavy atom. The van der Waals surface area contributed by atoms with Gasteiger partial charge < -0.3 is 5.11 Å². The largest absolute Gasteiger partial charge is 0.380 e. The first-order chi connectivity index (χ1) is 3.68. The highest BCUT2D eigenvalue weighted by atomic mass is 127. The van der Waals surface area contributed by atoms with Gasteiger partial charge in [-0.15, -0.1) is 0 Å². The Morgan fingerprint density at radius 2 is 2.00 bits per heavy atom. The van der Waals surface area contributed by atoms with E-state index in [4.69, 9.17) is 5.11 Å². The Labute approximate surface area is 63.6 Å². The average Bonchev–Trinajstić information content (AvgIpc) is 1.67. The van der Waals surface area contributed by atoms with Crippen molar-refractivity contribution in [2.24, 2.45) is 5.92 Å². The van der Waals surface area contributed by atoms with E-state index in [0.717, 1.165) is 0 Å². The first-order valence-electron chi connectivity index (χ1n) is 2.47. The fourth-order valence-electron chi connectivity index (χ4n) is 0.223. The fraction of sp³-hybridized carbons (Fsp3) is 0.667. The summed E-state index contributed by atoms with van der Waals surface area (Å²) >= 11 is 1.91. The van der Waals surface area contributed by atoms with Gasteiger partial charge in [-0.3, -0.25) is 0 Å². The van der Waals surface area contributed by atoms with Gasteiger partial charge in [0.15, 0.2) is 0 Å². The second-order valence-electron chi connectivity index (χ2n) is 1.93. The lowest BCUT2D eigenvalue weighted by atomic mass is 10.1. The quantitative estimate of drug-likeness (QED) is 0.527. The van der Waals surface area contributed by atoms with Crippen LogP contribution in [0.25, 0.3) is 0 Å². The SMILES string of the molecule is CC(C)C(O)C#CI. The van der Waals surface area contributed by atoms with E-state index in [1.807, 2.05) is 36.4 Å². The van der Waals surface area contributed by atoms with Gasteiger partial charge in [0, 0.05) is 22.6 Å². The molecular weight excluding hydrogens is 215 g/mol. The molecule has 8 heavy (non-hydrogen) atoms. The van der Waals surface area contributed by atoms with Crippen molar-refractivity contribution in [3.63, 3.8) is 0 Å². The molecule has 0 amide bonds. The smallest absolute Gasteiger partial charge is 0.117 e. The molecule has 0 saturated carbocycles. The molecule has 0 rings (SSSR count). The molecule has 46 valence electrons. The molecule has 0 aromatic heterocycles. The van der Waals surface area contributed by atoms with Gasteiger partial charge in [-0.2, -0.15) is 0 Å². The van der Waals surface area contributed by atoms with Gasteiger partial charge in [0.1, 0.15) is 6.10 Å². The highest BCUT2D eigenvalue weighted by Crippen LogP contribution is 1.98. The van der Waals surface area contributed by atoms with Crippen molar-refractivity contribution < 1.29 is 5.11 Å². The molecule has 0 spiro atoms. The maximum Gasteiger partial charge on any atom is 0.117 e. The maximum absolute atomic E-state index is 8.95. The molecule has 1 N–H and O–H groups in total. The summed E-state index contributed by atoms with van der Waals surface area (Å²) < 4.78 is 2.62. The summed E-state index contributed by atoms with van der Waals surface area (Å²) in [6.07, 6.45) is -0.452. The standard InChI is InChI=1S/C6H9IO/c1-5(2)6(8)3-4-7/h5-6,8H,1-2H3. The van der Waals surface area contributed by atoms with Crippen molar-refractivity contribution >= 4 is 22.6 Å². The number of rotatable bonds is 1. The predicted molar refractivity (Wildman–Crippen MR) is 42.6 cm³/mol. The van der Waals surface area contributed by atoms with Gasteiger partial charge in [0.2, 0.25) is 0 Å². The van der Waals surface area contributed by atoms with Crippen LogP contribution in [0.15, 0.2) is 0 Å². The van der Waals surface area contributed by atoms with Crippen molar-refractivity contribution in [3.8, 4) is 9.85 Å². The van der Waals surface area contributed by atoms with Gasteiger partial charge in [-0.05, 0) is 9.85 Å². The summed E-state index contributed by atoms with van der Waals surface area (Å²) in [5.41, 5.74) is 0. The van der Waals surface area contributed by atoms with E-state index < -0.39 is 6.10 Å². The number of aliphatic hydroxyl groups is 1. The first-order valence-corrected chi connectivity index (χ1v) is 3.55. The second kappa shape index (κ2) is 4.16. The third-order valence-corrected chi connectivity index (χ3v) is 1.15. The van der Waals surface area contributed by atoms with E-state index in [-0.39, 0.29) is 5.92 Å². The monoisotopic (exact) mass is 224 g/mol. The summed E-state index contributed by atoms with van der Waals surface area (Å²) in [7, 11) is 0. The normalized spacial score (nSPS) is 12.6. The summed E-state index contributed by atoms with van der Waals surface area (Å²) in [6, 6.07) is 0. The van der Waals surface area contributed by atoms with Crippen molar-refractivity contribution in [2.45, 2.75) is 20.0 Å². The molecule has 2 heteroatoms. The van der Waals surface area contributed by atoms with E-state index in [0.29, 0.717) is 0 Å². The van der Waals surface area contributed by atoms with Crippen molar-refractivity contribution in [1.82, 2.24) is 0 Å². The molecule has 1 unspecified atom stereocenters. The third-order valence-electron chi connectivity index (χ3n) is 0.834. The Morgan fingerprint density at radius 1 is 1.50 bits per heavy atom. The Kier molecular flexibility index (Phi) is 4.29. The second-order valence-corrected chi connectivity index (χ2v) is 2.47. The van der Waals surface area contributed by atoms with E-state index >= 15 is 0 Å². The van der Waals surface area contributed by atoms with Crippen LogP contribution >= 0.6 is 22.6 Å². The Balaban J connectivity index is 3.58. The molecule has 1 nitrogen and oxygen atoms in total. The molecule has 0 fully saturated rings. The summed E-state index contributed by atoms with van der Waals surface area (Å²) in [6.45, 7) is 3.87. The van der Waals surface area contributed by atoms with Crippen molar-refractivity contribution in [2.75, 3.05) is 0 Å². The Hall–Kier alpha value is 0.250. The number of halogens is 1. The topological polar surface area (TPSA) is 20.2 Å². The molecule has 0 aliphatic heterocycles. The van der Waals surface area contributed by atoms with Crippen LogP contribution in [0.2, 0.25) is 0 Å². The highest BCUT2D eigenvalue weighted by molar-refractivity contribution is 14.1. The predicted octanol–water partition coefficient (Wildman–Crippen LogP) is 1.40.